The van der Waals surface area contributed by atoms with E-state index >= 15 is 0 Å². The molecule has 1 unspecified atom stereocenters. The van der Waals surface area contributed by atoms with Crippen LogP contribution in [-0.4, -0.2) is 98.6 Å². The minimum atomic E-state index is -2.61. The zero-order valence-electron chi connectivity index (χ0n) is 28.6. The van der Waals surface area contributed by atoms with Crippen LogP contribution in [0.4, 0.5) is 13.6 Å². The maximum atomic E-state index is 13.6. The van der Waals surface area contributed by atoms with E-state index in [1.165, 1.54) is 6.92 Å². The lowest BCUT2D eigenvalue weighted by atomic mass is 9.79. The van der Waals surface area contributed by atoms with Crippen molar-refractivity contribution in [2.24, 2.45) is 11.8 Å². The van der Waals surface area contributed by atoms with Crippen LogP contribution in [0.5, 0.6) is 0 Å². The van der Waals surface area contributed by atoms with Gasteiger partial charge in [0.1, 0.15) is 5.60 Å². The molecule has 0 aromatic carbocycles. The van der Waals surface area contributed by atoms with Gasteiger partial charge in [0.2, 0.25) is 11.6 Å². The van der Waals surface area contributed by atoms with Crippen LogP contribution in [-0.2, 0) is 14.3 Å². The van der Waals surface area contributed by atoms with Crippen LogP contribution in [0.2, 0.25) is 0 Å². The van der Waals surface area contributed by atoms with Crippen molar-refractivity contribution < 1.29 is 38.1 Å². The highest BCUT2D eigenvalue weighted by Gasteiger charge is 2.40. The Hall–Kier alpha value is -3.28. The molecule has 9 nitrogen and oxygen atoms in total. The maximum absolute atomic E-state index is 13.6. The first-order valence-corrected chi connectivity index (χ1v) is 17.1. The number of rotatable bonds is 6. The largest absolute Gasteiger partial charge is 0.439 e. The van der Waals surface area contributed by atoms with Crippen molar-refractivity contribution in [1.82, 2.24) is 14.8 Å². The van der Waals surface area contributed by atoms with Crippen LogP contribution in [0, 0.1) is 11.8 Å². The first kappa shape index (κ1) is 37.5. The average Bonchev–Trinajstić information content (AvgIpc) is 3.05. The summed E-state index contributed by atoms with van der Waals surface area (Å²) in [7, 11) is 0. The first-order chi connectivity index (χ1) is 22.7. The first-order valence-electron chi connectivity index (χ1n) is 17.1. The zero-order chi connectivity index (χ0) is 35.1. The number of carbonyl (C=O) groups is 3. The van der Waals surface area contributed by atoms with Crippen LogP contribution in [0.1, 0.15) is 84.1 Å². The molecule has 264 valence electrons. The van der Waals surface area contributed by atoms with Gasteiger partial charge in [-0.15, -0.1) is 0 Å². The summed E-state index contributed by atoms with van der Waals surface area (Å²) in [5.74, 6) is -5.13. The highest BCUT2D eigenvalue weighted by Crippen LogP contribution is 2.32. The van der Waals surface area contributed by atoms with Crippen molar-refractivity contribution in [3.05, 3.63) is 66.0 Å². The Bertz CT molecular complexity index is 1350. The van der Waals surface area contributed by atoms with E-state index in [2.05, 4.69) is 9.88 Å². The molecule has 0 bridgehead atoms. The third-order valence-electron chi connectivity index (χ3n) is 10.1. The van der Waals surface area contributed by atoms with Crippen LogP contribution >= 0.6 is 0 Å². The van der Waals surface area contributed by atoms with Gasteiger partial charge in [0.05, 0.1) is 12.0 Å². The number of aliphatic hydroxyl groups excluding tert-OH is 1. The highest BCUT2D eigenvalue weighted by atomic mass is 19.3. The number of carbonyl (C=O) groups excluding carboxylic acids is 3. The van der Waals surface area contributed by atoms with Crippen molar-refractivity contribution in [2.45, 2.75) is 108 Å². The van der Waals surface area contributed by atoms with Crippen LogP contribution in [0.25, 0.3) is 0 Å². The van der Waals surface area contributed by atoms with Gasteiger partial charge in [-0.25, -0.2) is 13.6 Å². The van der Waals surface area contributed by atoms with E-state index in [0.29, 0.717) is 44.6 Å². The van der Waals surface area contributed by atoms with Gasteiger partial charge in [-0.05, 0) is 63.2 Å². The number of amides is 1. The van der Waals surface area contributed by atoms with E-state index in [9.17, 15) is 33.4 Å². The number of ether oxygens (including phenoxy) is 1. The minimum Gasteiger partial charge on any atom is -0.439 e. The molecule has 0 saturated carbocycles. The van der Waals surface area contributed by atoms with E-state index in [1.807, 2.05) is 37.3 Å². The second-order valence-electron chi connectivity index (χ2n) is 14.0. The lowest BCUT2D eigenvalue weighted by Crippen LogP contribution is -2.51. The summed E-state index contributed by atoms with van der Waals surface area (Å²) in [5.41, 5.74) is 0.128. The van der Waals surface area contributed by atoms with E-state index in [1.54, 1.807) is 43.3 Å². The van der Waals surface area contributed by atoms with E-state index in [4.69, 9.17) is 4.74 Å². The zero-order valence-corrected chi connectivity index (χ0v) is 28.6. The van der Waals surface area contributed by atoms with Gasteiger partial charge in [-0.2, -0.15) is 0 Å². The molecule has 3 heterocycles. The molecule has 2 aliphatic heterocycles. The number of aromatic nitrogens is 1. The Morgan fingerprint density at radius 3 is 2.44 bits per heavy atom. The number of halogens is 2. The molecular formula is C37H51F2N3O6. The number of ketones is 2. The van der Waals surface area contributed by atoms with Crippen LogP contribution < -0.4 is 0 Å². The van der Waals surface area contributed by atoms with Gasteiger partial charge in [0.15, 0.2) is 6.10 Å². The summed E-state index contributed by atoms with van der Waals surface area (Å²) in [6.07, 6.45) is 10.3. The second kappa shape index (κ2) is 16.4. The lowest BCUT2D eigenvalue weighted by Gasteiger charge is -2.42. The van der Waals surface area contributed by atoms with Crippen LogP contribution in [0.3, 0.4) is 0 Å². The fraction of sp³-hybridized carbons (Fsp3) is 0.622. The van der Waals surface area contributed by atoms with Gasteiger partial charge in [0, 0.05) is 69.8 Å². The summed E-state index contributed by atoms with van der Waals surface area (Å²) in [6, 6.07) is 3.97. The molecule has 0 radical (unpaired) electrons. The molecule has 1 amide bonds. The fourth-order valence-electron chi connectivity index (χ4n) is 6.86. The molecule has 1 aromatic heterocycles. The molecule has 4 rings (SSSR count). The summed E-state index contributed by atoms with van der Waals surface area (Å²) in [6.45, 7) is 8.62. The maximum Gasteiger partial charge on any atom is 0.410 e. The molecule has 6 atom stereocenters. The van der Waals surface area contributed by atoms with E-state index in [-0.39, 0.29) is 44.1 Å². The highest BCUT2D eigenvalue weighted by molar-refractivity contribution is 6.38. The predicted octanol–water partition coefficient (Wildman–Crippen LogP) is 5.63. The van der Waals surface area contributed by atoms with Gasteiger partial charge in [-0.1, -0.05) is 49.8 Å². The van der Waals surface area contributed by atoms with Gasteiger partial charge in [-0.3, -0.25) is 19.5 Å². The molecule has 1 aliphatic carbocycles. The molecule has 11 heteroatoms. The van der Waals surface area contributed by atoms with Crippen molar-refractivity contribution >= 4 is 17.7 Å². The lowest BCUT2D eigenvalue weighted by molar-refractivity contribution is -0.140. The van der Waals surface area contributed by atoms with Crippen molar-refractivity contribution in [1.29, 1.82) is 0 Å². The van der Waals surface area contributed by atoms with Crippen LogP contribution in [0.15, 0.2) is 60.5 Å². The van der Waals surface area contributed by atoms with Crippen molar-refractivity contribution in [3.63, 3.8) is 0 Å². The van der Waals surface area contributed by atoms with Crippen molar-refractivity contribution in [3.8, 4) is 0 Å². The third-order valence-corrected chi connectivity index (χ3v) is 10.1. The molecular weight excluding hydrogens is 620 g/mol. The Morgan fingerprint density at radius 1 is 1.10 bits per heavy atom. The number of pyridine rings is 1. The number of aliphatic hydroxyl groups is 2. The Labute approximate surface area is 282 Å². The number of piperidine rings is 2. The molecule has 3 aliphatic rings. The molecule has 1 aromatic rings. The average molecular weight is 672 g/mol. The van der Waals surface area contributed by atoms with Crippen molar-refractivity contribution in [2.75, 3.05) is 26.2 Å². The number of likely N-dealkylation sites (tertiary alicyclic amines) is 2. The summed E-state index contributed by atoms with van der Waals surface area (Å²) in [4.78, 5) is 47.7. The standard InChI is InChI=1S/C37H51F2N3O6/c1-25(28-9-6-18-40-24-28)7-5-8-26(2)33-27(3)10-11-32(36(4,47)15-12-30(43)23-31(44)34(33)45)48-35(46)42-19-13-29(14-20-42)41-21-16-37(38,39)17-22-41/h5-11,18,24-25,27,29-30,32-33,43,47H,12-17,19-23H2,1-4H3/b7-5+,11-10+,26-8+/t25?,27-,30-,32-,33+,36-/m0/s1. The topological polar surface area (TPSA) is 120 Å². The van der Waals surface area contributed by atoms with Gasteiger partial charge in [0.25, 0.3) is 5.92 Å². The fourth-order valence-corrected chi connectivity index (χ4v) is 6.86. The number of nitrogens with zero attached hydrogens (tertiary/aromatic N) is 3. The molecule has 2 N–H and O–H groups in total. The Balaban J connectivity index is 1.48. The molecule has 0 spiro atoms. The third kappa shape index (κ3) is 10.1. The van der Waals surface area contributed by atoms with E-state index < -0.39 is 53.2 Å². The minimum absolute atomic E-state index is 0.0241. The normalized spacial score (nSPS) is 31.6. The quantitative estimate of drug-likeness (QED) is 0.227. The molecule has 2 saturated heterocycles. The van der Waals surface area contributed by atoms with Gasteiger partial charge >= 0.3 is 6.09 Å². The Morgan fingerprint density at radius 2 is 1.79 bits per heavy atom. The second-order valence-corrected chi connectivity index (χ2v) is 14.0. The van der Waals surface area contributed by atoms with Gasteiger partial charge < -0.3 is 19.8 Å². The SMILES string of the molecule is C/C(=C\C=C\C(C)c1cccnc1)[C@H]1C(=O)C(=O)C[C@@H](O)CC[C@](C)(O)[C@@H](OC(=O)N2CCC(N3CCC(F)(F)CC3)CC2)/C=C/[C@@H]1C. The summed E-state index contributed by atoms with van der Waals surface area (Å²) >= 11 is 0. The monoisotopic (exact) mass is 671 g/mol. The summed E-state index contributed by atoms with van der Waals surface area (Å²) < 4.78 is 33.2. The number of alkyl halides is 2. The number of allylic oxidation sites excluding steroid dienone is 5. The Kier molecular flexibility index (Phi) is 12.8. The number of hydrogen-bond acceptors (Lipinski definition) is 8. The molecule has 48 heavy (non-hydrogen) atoms. The predicted molar refractivity (Wildman–Crippen MR) is 178 cm³/mol. The molecule has 2 fully saturated rings. The van der Waals surface area contributed by atoms with E-state index in [0.717, 1.165) is 5.56 Å². The number of hydrogen-bond donors (Lipinski definition) is 2. The number of Topliss-reactive ketones (excluding diaryl/α,β-unsaturated/α-hetero) is 2. The smallest absolute Gasteiger partial charge is 0.410 e. The summed E-state index contributed by atoms with van der Waals surface area (Å²) in [5, 5.41) is 22.1.